The predicted octanol–water partition coefficient (Wildman–Crippen LogP) is 2.82. The first-order valence-corrected chi connectivity index (χ1v) is 5.65. The normalized spacial score (nSPS) is 10.7. The molecule has 3 rings (SSSR count). The minimum atomic E-state index is 0.426. The van der Waals surface area contributed by atoms with Crippen LogP contribution in [-0.2, 0) is 0 Å². The molecular formula is C14H13N3O. The van der Waals surface area contributed by atoms with Crippen LogP contribution in [0.1, 0.15) is 0 Å². The number of rotatable bonds is 2. The summed E-state index contributed by atoms with van der Waals surface area (Å²) in [5, 5.41) is 2.27. The average molecular weight is 239 g/mol. The second-order valence-electron chi connectivity index (χ2n) is 4.07. The molecule has 0 radical (unpaired) electrons. The number of fused-ring (bicyclic) bond motifs is 1. The fourth-order valence-electron chi connectivity index (χ4n) is 2.10. The van der Waals surface area contributed by atoms with Crippen molar-refractivity contribution in [2.75, 3.05) is 12.8 Å². The van der Waals surface area contributed by atoms with Crippen LogP contribution in [0, 0.1) is 0 Å². The molecule has 1 aromatic heterocycles. The number of aromatic nitrogens is 2. The highest BCUT2D eigenvalue weighted by Crippen LogP contribution is 2.30. The lowest BCUT2D eigenvalue weighted by atomic mass is 10.0. The molecule has 0 spiro atoms. The summed E-state index contributed by atoms with van der Waals surface area (Å²) < 4.78 is 5.23. The third kappa shape index (κ3) is 1.68. The van der Waals surface area contributed by atoms with Gasteiger partial charge in [0.2, 0.25) is 0 Å². The van der Waals surface area contributed by atoms with E-state index >= 15 is 0 Å². The van der Waals surface area contributed by atoms with Gasteiger partial charge in [-0.15, -0.1) is 0 Å². The first-order valence-electron chi connectivity index (χ1n) is 5.65. The van der Waals surface area contributed by atoms with E-state index in [-0.39, 0.29) is 0 Å². The molecule has 4 heteroatoms. The number of nitrogen functional groups attached to an aromatic ring is 1. The van der Waals surface area contributed by atoms with E-state index in [1.54, 1.807) is 13.3 Å². The molecule has 0 amide bonds. The zero-order chi connectivity index (χ0) is 12.5. The van der Waals surface area contributed by atoms with Crippen molar-refractivity contribution in [2.45, 2.75) is 0 Å². The maximum Gasteiger partial charge on any atom is 0.197 e. The number of anilines is 1. The molecule has 0 bridgehead atoms. The third-order valence-corrected chi connectivity index (χ3v) is 2.97. The number of nitrogens with zero attached hydrogens (tertiary/aromatic N) is 1. The van der Waals surface area contributed by atoms with E-state index < -0.39 is 0 Å². The van der Waals surface area contributed by atoms with E-state index in [2.05, 4.69) is 16.0 Å². The monoisotopic (exact) mass is 239 g/mol. The van der Waals surface area contributed by atoms with Gasteiger partial charge in [0.05, 0.1) is 19.0 Å². The Bertz CT molecular complexity index is 703. The smallest absolute Gasteiger partial charge is 0.197 e. The Kier molecular flexibility index (Phi) is 2.41. The zero-order valence-electron chi connectivity index (χ0n) is 9.97. The molecule has 0 aliphatic rings. The quantitative estimate of drug-likeness (QED) is 0.722. The van der Waals surface area contributed by atoms with E-state index in [1.807, 2.05) is 30.3 Å². The second-order valence-corrected chi connectivity index (χ2v) is 4.07. The number of ether oxygens (including phenoxy) is 1. The van der Waals surface area contributed by atoms with Crippen molar-refractivity contribution in [3.8, 4) is 17.0 Å². The predicted molar refractivity (Wildman–Crippen MR) is 72.5 cm³/mol. The molecule has 90 valence electrons. The Labute approximate surface area is 104 Å². The molecule has 4 nitrogen and oxygen atoms in total. The van der Waals surface area contributed by atoms with Crippen molar-refractivity contribution >= 4 is 16.7 Å². The number of methoxy groups -OCH3 is 1. The molecule has 0 saturated heterocycles. The molecule has 1 heterocycles. The summed E-state index contributed by atoms with van der Waals surface area (Å²) >= 11 is 0. The highest BCUT2D eigenvalue weighted by atomic mass is 16.5. The molecule has 0 atom stereocenters. The average Bonchev–Trinajstić information content (AvgIpc) is 2.84. The van der Waals surface area contributed by atoms with Crippen molar-refractivity contribution < 1.29 is 4.74 Å². The van der Waals surface area contributed by atoms with Gasteiger partial charge >= 0.3 is 0 Å². The summed E-state index contributed by atoms with van der Waals surface area (Å²) in [4.78, 5) is 7.08. The molecule has 0 aliphatic carbocycles. The van der Waals surface area contributed by atoms with E-state index in [0.717, 1.165) is 27.8 Å². The Morgan fingerprint density at radius 3 is 2.83 bits per heavy atom. The van der Waals surface area contributed by atoms with Gasteiger partial charge in [-0.3, -0.25) is 0 Å². The molecule has 2 aromatic carbocycles. The summed E-state index contributed by atoms with van der Waals surface area (Å²) in [6.07, 6.45) is 1.74. The summed E-state index contributed by atoms with van der Waals surface area (Å²) in [7, 11) is 1.67. The number of benzene rings is 2. The Morgan fingerprint density at radius 1 is 1.22 bits per heavy atom. The minimum Gasteiger partial charge on any atom is -0.497 e. The largest absolute Gasteiger partial charge is 0.497 e. The number of nitrogens with one attached hydrogen (secondary N) is 1. The van der Waals surface area contributed by atoms with Gasteiger partial charge < -0.3 is 15.5 Å². The number of imidazole rings is 1. The van der Waals surface area contributed by atoms with Crippen molar-refractivity contribution in [3.63, 3.8) is 0 Å². The molecule has 0 aliphatic heterocycles. The number of H-pyrrole nitrogens is 1. The Hall–Kier alpha value is -2.49. The molecule has 18 heavy (non-hydrogen) atoms. The molecule has 0 fully saturated rings. The molecule has 0 unspecified atom stereocenters. The summed E-state index contributed by atoms with van der Waals surface area (Å²) in [5.74, 6) is 1.28. The second kappa shape index (κ2) is 4.07. The van der Waals surface area contributed by atoms with Crippen molar-refractivity contribution in [2.24, 2.45) is 0 Å². The highest BCUT2D eigenvalue weighted by molar-refractivity contribution is 5.96. The zero-order valence-corrected chi connectivity index (χ0v) is 9.97. The topological polar surface area (TPSA) is 63.9 Å². The van der Waals surface area contributed by atoms with Crippen LogP contribution in [-0.4, -0.2) is 17.1 Å². The van der Waals surface area contributed by atoms with Gasteiger partial charge in [-0.25, -0.2) is 4.98 Å². The van der Waals surface area contributed by atoms with Gasteiger partial charge in [0.1, 0.15) is 5.75 Å². The molecule has 3 aromatic rings. The van der Waals surface area contributed by atoms with Gasteiger partial charge in [0.15, 0.2) is 5.95 Å². The fourth-order valence-corrected chi connectivity index (χ4v) is 2.10. The van der Waals surface area contributed by atoms with Crippen LogP contribution in [0.4, 0.5) is 5.95 Å². The van der Waals surface area contributed by atoms with Crippen LogP contribution in [0.3, 0.4) is 0 Å². The van der Waals surface area contributed by atoms with Crippen LogP contribution < -0.4 is 10.5 Å². The maximum atomic E-state index is 5.62. The fraction of sp³-hybridized carbons (Fsp3) is 0.0714. The van der Waals surface area contributed by atoms with Crippen LogP contribution in [0.25, 0.3) is 22.0 Å². The van der Waals surface area contributed by atoms with Gasteiger partial charge in [-0.05, 0) is 22.9 Å². The standard InChI is InChI=1S/C14H13N3O/c1-18-10-5-6-11-9(7-10)3-2-4-12(11)13-8-16-14(15)17-13/h2-8H,1H3,(H3,15,16,17). The van der Waals surface area contributed by atoms with Crippen LogP contribution in [0.15, 0.2) is 42.6 Å². The lowest BCUT2D eigenvalue weighted by Gasteiger charge is -2.06. The van der Waals surface area contributed by atoms with Gasteiger partial charge in [-0.2, -0.15) is 0 Å². The number of hydrogen-bond acceptors (Lipinski definition) is 3. The number of aromatic amines is 1. The van der Waals surface area contributed by atoms with Crippen molar-refractivity contribution in [1.82, 2.24) is 9.97 Å². The lowest BCUT2D eigenvalue weighted by Crippen LogP contribution is -1.87. The van der Waals surface area contributed by atoms with Crippen molar-refractivity contribution in [3.05, 3.63) is 42.6 Å². The Balaban J connectivity index is 2.24. The third-order valence-electron chi connectivity index (χ3n) is 2.97. The lowest BCUT2D eigenvalue weighted by molar-refractivity contribution is 0.415. The van der Waals surface area contributed by atoms with Crippen molar-refractivity contribution in [1.29, 1.82) is 0 Å². The van der Waals surface area contributed by atoms with Crippen LogP contribution >= 0.6 is 0 Å². The summed E-state index contributed by atoms with van der Waals surface area (Å²) in [5.41, 5.74) is 7.62. The molecular weight excluding hydrogens is 226 g/mol. The maximum absolute atomic E-state index is 5.62. The van der Waals surface area contributed by atoms with E-state index in [4.69, 9.17) is 10.5 Å². The van der Waals surface area contributed by atoms with E-state index in [1.165, 1.54) is 0 Å². The number of nitrogens with two attached hydrogens (primary N) is 1. The molecule has 0 saturated carbocycles. The summed E-state index contributed by atoms with van der Waals surface area (Å²) in [6, 6.07) is 12.1. The summed E-state index contributed by atoms with van der Waals surface area (Å²) in [6.45, 7) is 0. The van der Waals surface area contributed by atoms with Crippen LogP contribution in [0.2, 0.25) is 0 Å². The van der Waals surface area contributed by atoms with E-state index in [9.17, 15) is 0 Å². The van der Waals surface area contributed by atoms with E-state index in [0.29, 0.717) is 5.95 Å². The van der Waals surface area contributed by atoms with Gasteiger partial charge in [0, 0.05) is 5.56 Å². The van der Waals surface area contributed by atoms with Gasteiger partial charge in [-0.1, -0.05) is 24.3 Å². The first-order chi connectivity index (χ1) is 8.78. The van der Waals surface area contributed by atoms with Crippen LogP contribution in [0.5, 0.6) is 5.75 Å². The minimum absolute atomic E-state index is 0.426. The number of hydrogen-bond donors (Lipinski definition) is 2. The highest BCUT2D eigenvalue weighted by Gasteiger charge is 2.06. The molecule has 3 N–H and O–H groups in total. The first kappa shape index (κ1) is 10.7. The Morgan fingerprint density at radius 2 is 2.11 bits per heavy atom. The van der Waals surface area contributed by atoms with Gasteiger partial charge in [0.25, 0.3) is 0 Å². The SMILES string of the molecule is COc1ccc2c(-c3cnc(N)[nH]3)cccc2c1.